The fourth-order valence-electron chi connectivity index (χ4n) is 3.71. The summed E-state index contributed by atoms with van der Waals surface area (Å²) in [6, 6.07) is 4.91. The number of nitrogens with two attached hydrogens (primary N) is 1. The van der Waals surface area contributed by atoms with Crippen LogP contribution in [0, 0.1) is 0 Å². The Kier molecular flexibility index (Phi) is 5.93. The summed E-state index contributed by atoms with van der Waals surface area (Å²) in [6.45, 7) is 3.96. The van der Waals surface area contributed by atoms with Gasteiger partial charge in [0, 0.05) is 19.5 Å². The highest BCUT2D eigenvalue weighted by Crippen LogP contribution is 2.27. The predicted octanol–water partition coefficient (Wildman–Crippen LogP) is 3.09. The third kappa shape index (κ3) is 4.34. The van der Waals surface area contributed by atoms with Gasteiger partial charge in [-0.1, -0.05) is 31.5 Å². The minimum absolute atomic E-state index is 0.0899. The zero-order valence-corrected chi connectivity index (χ0v) is 18.2. The van der Waals surface area contributed by atoms with Crippen LogP contribution >= 0.6 is 11.8 Å². The van der Waals surface area contributed by atoms with Gasteiger partial charge < -0.3 is 9.13 Å². The smallest absolute Gasteiger partial charge is 0.238 e. The number of sulfonamides is 1. The lowest BCUT2D eigenvalue weighted by molar-refractivity contribution is 0.590. The zero-order chi connectivity index (χ0) is 20.4. The summed E-state index contributed by atoms with van der Waals surface area (Å²) in [5.74, 6) is 2.64. The second-order valence-corrected chi connectivity index (χ2v) is 9.88. The van der Waals surface area contributed by atoms with Crippen LogP contribution in [0.4, 0.5) is 0 Å². The molecule has 0 bridgehead atoms. The van der Waals surface area contributed by atoms with Gasteiger partial charge in [-0.2, -0.15) is 0 Å². The van der Waals surface area contributed by atoms with Gasteiger partial charge in [-0.05, 0) is 37.5 Å². The van der Waals surface area contributed by atoms with E-state index in [4.69, 9.17) is 10.1 Å². The highest BCUT2D eigenvalue weighted by atomic mass is 32.2. The van der Waals surface area contributed by atoms with Crippen LogP contribution in [-0.4, -0.2) is 32.7 Å². The van der Waals surface area contributed by atoms with E-state index in [9.17, 15) is 8.42 Å². The Morgan fingerprint density at radius 3 is 2.86 bits per heavy atom. The van der Waals surface area contributed by atoms with Crippen LogP contribution in [0.5, 0.6) is 0 Å². The SMILES string of the molecule is CCCCn1c(CSc2nnc3n2CCCCC3)nc2cc(S(N)(=O)=O)ccc21. The Hall–Kier alpha value is -1.91. The van der Waals surface area contributed by atoms with Gasteiger partial charge in [-0.15, -0.1) is 10.2 Å². The fraction of sp³-hybridized carbons (Fsp3) is 0.526. The molecule has 0 fully saturated rings. The van der Waals surface area contributed by atoms with E-state index in [1.807, 2.05) is 0 Å². The largest absolute Gasteiger partial charge is 0.327 e. The number of hydrogen-bond donors (Lipinski definition) is 1. The van der Waals surface area contributed by atoms with Gasteiger partial charge in [0.15, 0.2) is 5.16 Å². The topological polar surface area (TPSA) is 109 Å². The van der Waals surface area contributed by atoms with E-state index in [-0.39, 0.29) is 4.90 Å². The lowest BCUT2D eigenvalue weighted by atomic mass is 10.2. The summed E-state index contributed by atoms with van der Waals surface area (Å²) in [4.78, 5) is 4.82. The molecule has 29 heavy (non-hydrogen) atoms. The molecule has 2 aromatic heterocycles. The third-order valence-electron chi connectivity index (χ3n) is 5.27. The molecule has 0 aliphatic carbocycles. The van der Waals surface area contributed by atoms with E-state index in [1.54, 1.807) is 30.0 Å². The van der Waals surface area contributed by atoms with Crippen LogP contribution in [0.15, 0.2) is 28.3 Å². The molecular formula is C19H26N6O2S2. The Morgan fingerprint density at radius 1 is 1.21 bits per heavy atom. The fourth-order valence-corrected chi connectivity index (χ4v) is 5.17. The Labute approximate surface area is 175 Å². The molecular weight excluding hydrogens is 408 g/mol. The normalized spacial score (nSPS) is 14.8. The summed E-state index contributed by atoms with van der Waals surface area (Å²) in [5, 5.41) is 15.0. The molecule has 3 aromatic rings. The number of aryl methyl sites for hydroxylation is 2. The lowest BCUT2D eigenvalue weighted by Gasteiger charge is -2.09. The molecule has 156 valence electrons. The van der Waals surface area contributed by atoms with Gasteiger partial charge in [-0.25, -0.2) is 18.5 Å². The van der Waals surface area contributed by atoms with Gasteiger partial charge >= 0.3 is 0 Å². The minimum atomic E-state index is -3.75. The average Bonchev–Trinajstić information content (AvgIpc) is 3.14. The first-order valence-electron chi connectivity index (χ1n) is 10.0. The standard InChI is InChI=1S/C19H26N6O2S2/c1-2-3-10-24-16-9-8-14(29(20,26)27)12-15(16)21-18(24)13-28-19-23-22-17-7-5-4-6-11-25(17)19/h8-9,12H,2-7,10-11,13H2,1H3,(H2,20,26,27). The molecule has 0 saturated heterocycles. The molecule has 0 spiro atoms. The molecule has 1 aromatic carbocycles. The van der Waals surface area contributed by atoms with E-state index >= 15 is 0 Å². The molecule has 0 atom stereocenters. The summed E-state index contributed by atoms with van der Waals surface area (Å²) in [5.41, 5.74) is 1.59. The number of rotatable bonds is 7. The highest BCUT2D eigenvalue weighted by molar-refractivity contribution is 7.98. The lowest BCUT2D eigenvalue weighted by Crippen LogP contribution is -2.11. The van der Waals surface area contributed by atoms with Crippen molar-refractivity contribution in [2.24, 2.45) is 5.14 Å². The summed E-state index contributed by atoms with van der Waals surface area (Å²) < 4.78 is 27.8. The number of hydrogen-bond acceptors (Lipinski definition) is 6. The van der Waals surface area contributed by atoms with Crippen molar-refractivity contribution in [2.45, 2.75) is 74.3 Å². The second-order valence-electron chi connectivity index (χ2n) is 7.38. The number of thioether (sulfide) groups is 1. The molecule has 3 heterocycles. The number of aromatic nitrogens is 5. The number of benzene rings is 1. The van der Waals surface area contributed by atoms with E-state index in [0.717, 1.165) is 61.1 Å². The van der Waals surface area contributed by atoms with Crippen molar-refractivity contribution < 1.29 is 8.42 Å². The minimum Gasteiger partial charge on any atom is -0.327 e. The van der Waals surface area contributed by atoms with Gasteiger partial charge in [0.25, 0.3) is 0 Å². The molecule has 2 N–H and O–H groups in total. The monoisotopic (exact) mass is 434 g/mol. The first-order valence-corrected chi connectivity index (χ1v) is 12.6. The second kappa shape index (κ2) is 8.45. The van der Waals surface area contributed by atoms with Crippen LogP contribution in [0.1, 0.15) is 50.7 Å². The maximum absolute atomic E-state index is 11.7. The molecule has 0 radical (unpaired) electrons. The maximum Gasteiger partial charge on any atom is 0.238 e. The van der Waals surface area contributed by atoms with Crippen molar-refractivity contribution in [1.82, 2.24) is 24.3 Å². The third-order valence-corrected chi connectivity index (χ3v) is 7.14. The Balaban J connectivity index is 1.64. The maximum atomic E-state index is 11.7. The quantitative estimate of drug-likeness (QED) is 0.572. The summed E-state index contributed by atoms with van der Waals surface area (Å²) >= 11 is 1.64. The van der Waals surface area contributed by atoms with Crippen LogP contribution in [0.2, 0.25) is 0 Å². The van der Waals surface area contributed by atoms with Gasteiger partial charge in [-0.3, -0.25) is 0 Å². The summed E-state index contributed by atoms with van der Waals surface area (Å²) in [6.07, 6.45) is 6.64. The van der Waals surface area contributed by atoms with Crippen molar-refractivity contribution in [1.29, 1.82) is 0 Å². The van der Waals surface area contributed by atoms with E-state index in [2.05, 4.69) is 26.3 Å². The van der Waals surface area contributed by atoms with Crippen LogP contribution in [-0.2, 0) is 35.3 Å². The van der Waals surface area contributed by atoms with Gasteiger partial charge in [0.2, 0.25) is 10.0 Å². The molecule has 0 unspecified atom stereocenters. The van der Waals surface area contributed by atoms with Gasteiger partial charge in [0.1, 0.15) is 11.6 Å². The van der Waals surface area contributed by atoms with Crippen molar-refractivity contribution in [3.05, 3.63) is 29.8 Å². The van der Waals surface area contributed by atoms with E-state index in [1.165, 1.54) is 12.8 Å². The van der Waals surface area contributed by atoms with Crippen molar-refractivity contribution in [3.8, 4) is 0 Å². The van der Waals surface area contributed by atoms with Crippen LogP contribution in [0.3, 0.4) is 0 Å². The van der Waals surface area contributed by atoms with E-state index < -0.39 is 10.0 Å². The Bertz CT molecular complexity index is 1120. The summed E-state index contributed by atoms with van der Waals surface area (Å²) in [7, 11) is -3.75. The zero-order valence-electron chi connectivity index (χ0n) is 16.5. The van der Waals surface area contributed by atoms with Crippen molar-refractivity contribution in [3.63, 3.8) is 0 Å². The first kappa shape index (κ1) is 20.4. The predicted molar refractivity (Wildman–Crippen MR) is 113 cm³/mol. The first-order chi connectivity index (χ1) is 14.0. The number of nitrogens with zero attached hydrogens (tertiary/aromatic N) is 5. The molecule has 0 amide bonds. The molecule has 1 aliphatic rings. The molecule has 1 aliphatic heterocycles. The van der Waals surface area contributed by atoms with Gasteiger partial charge in [0.05, 0.1) is 21.7 Å². The van der Waals surface area contributed by atoms with Crippen LogP contribution in [0.25, 0.3) is 11.0 Å². The molecule has 4 rings (SSSR count). The number of imidazole rings is 1. The average molecular weight is 435 g/mol. The molecule has 10 heteroatoms. The number of fused-ring (bicyclic) bond motifs is 2. The van der Waals surface area contributed by atoms with E-state index in [0.29, 0.717) is 11.3 Å². The molecule has 8 nitrogen and oxygen atoms in total. The van der Waals surface area contributed by atoms with Crippen molar-refractivity contribution in [2.75, 3.05) is 0 Å². The number of primary sulfonamides is 1. The van der Waals surface area contributed by atoms with Crippen molar-refractivity contribution >= 4 is 32.8 Å². The highest BCUT2D eigenvalue weighted by Gasteiger charge is 2.18. The number of unbranched alkanes of at least 4 members (excludes halogenated alkanes) is 1. The molecule has 0 saturated carbocycles. The van der Waals surface area contributed by atoms with Crippen LogP contribution < -0.4 is 5.14 Å². The Morgan fingerprint density at radius 2 is 2.07 bits per heavy atom.